The minimum atomic E-state index is -0.396. The summed E-state index contributed by atoms with van der Waals surface area (Å²) in [7, 11) is 0. The van der Waals surface area contributed by atoms with Crippen LogP contribution in [0.15, 0.2) is 66.7 Å². The molecule has 4 heterocycles. The lowest BCUT2D eigenvalue weighted by molar-refractivity contribution is 0.0767. The zero-order valence-corrected chi connectivity index (χ0v) is 26.9. The van der Waals surface area contributed by atoms with Crippen LogP contribution in [0.1, 0.15) is 41.6 Å². The van der Waals surface area contributed by atoms with Crippen molar-refractivity contribution >= 4 is 28.4 Å². The Morgan fingerprint density at radius 3 is 2.68 bits per heavy atom. The van der Waals surface area contributed by atoms with Gasteiger partial charge < -0.3 is 29.5 Å². The summed E-state index contributed by atoms with van der Waals surface area (Å²) in [5.41, 5.74) is 5.46. The number of piperazine rings is 1. The highest BCUT2D eigenvalue weighted by Gasteiger charge is 2.35. The van der Waals surface area contributed by atoms with E-state index in [2.05, 4.69) is 64.5 Å². The topological polar surface area (TPSA) is 107 Å². The number of nitrogens with one attached hydrogen (secondary N) is 1. The maximum atomic E-state index is 13.2. The van der Waals surface area contributed by atoms with Crippen molar-refractivity contribution in [3.8, 4) is 12.1 Å². The fraction of sp³-hybridized carbons (Fsp3) is 0.405. The molecule has 1 N–H and O–H groups in total. The molecule has 3 aromatic carbocycles. The van der Waals surface area contributed by atoms with E-state index in [0.717, 1.165) is 55.0 Å². The van der Waals surface area contributed by atoms with Crippen LogP contribution in [0.25, 0.3) is 10.8 Å². The molecule has 10 heteroatoms. The standard InChI is InChI=1S/C37H41N7O3/c1-26-8-5-11-28-12-6-14-33(34(26)28)42-19-16-31-32(23-42)40-36(46-25-29-13-7-18-39-29)41-35(31)43-20-21-44(30(22-43)15-17-38)37(45)47-24-27-9-3-2-4-10-27/h2-6,8-12,14,29-30,39H,7,13,15-16,18-25H2,1H3. The summed E-state index contributed by atoms with van der Waals surface area (Å²) >= 11 is 0. The van der Waals surface area contributed by atoms with Gasteiger partial charge in [-0.2, -0.15) is 15.2 Å². The number of aromatic nitrogens is 2. The van der Waals surface area contributed by atoms with E-state index in [0.29, 0.717) is 44.8 Å². The Hall–Kier alpha value is -4.88. The van der Waals surface area contributed by atoms with Gasteiger partial charge in [0.05, 0.1) is 30.8 Å². The summed E-state index contributed by atoms with van der Waals surface area (Å²) in [4.78, 5) is 29.5. The molecule has 10 nitrogen and oxygen atoms in total. The molecule has 3 aliphatic heterocycles. The van der Waals surface area contributed by atoms with Crippen molar-refractivity contribution in [3.63, 3.8) is 0 Å². The molecule has 0 radical (unpaired) electrons. The molecule has 2 unspecified atom stereocenters. The van der Waals surface area contributed by atoms with Gasteiger partial charge >= 0.3 is 12.1 Å². The average Bonchev–Trinajstić information content (AvgIpc) is 3.63. The molecule has 0 bridgehead atoms. The van der Waals surface area contributed by atoms with Crippen molar-refractivity contribution < 1.29 is 14.3 Å². The normalized spacial score (nSPS) is 19.4. The zero-order chi connectivity index (χ0) is 32.2. The highest BCUT2D eigenvalue weighted by atomic mass is 16.6. The van der Waals surface area contributed by atoms with E-state index in [1.54, 1.807) is 4.90 Å². The molecule has 7 rings (SSSR count). The third kappa shape index (κ3) is 6.67. The number of benzene rings is 3. The summed E-state index contributed by atoms with van der Waals surface area (Å²) in [6.45, 7) is 6.84. The van der Waals surface area contributed by atoms with E-state index < -0.39 is 6.09 Å². The summed E-state index contributed by atoms with van der Waals surface area (Å²) in [5, 5.41) is 15.7. The molecule has 0 aliphatic carbocycles. The first-order valence-corrected chi connectivity index (χ1v) is 16.7. The lowest BCUT2D eigenvalue weighted by Gasteiger charge is -2.42. The maximum Gasteiger partial charge on any atom is 0.410 e. The van der Waals surface area contributed by atoms with Gasteiger partial charge in [-0.25, -0.2) is 4.79 Å². The number of carbonyl (C=O) groups excluding carboxylic acids is 1. The Kier molecular flexibility index (Phi) is 9.07. The van der Waals surface area contributed by atoms with Crippen molar-refractivity contribution in [1.82, 2.24) is 20.2 Å². The largest absolute Gasteiger partial charge is 0.462 e. The third-order valence-electron chi connectivity index (χ3n) is 9.58. The summed E-state index contributed by atoms with van der Waals surface area (Å²) in [6, 6.07) is 25.2. The van der Waals surface area contributed by atoms with Gasteiger partial charge in [-0.1, -0.05) is 60.7 Å². The predicted molar refractivity (Wildman–Crippen MR) is 182 cm³/mol. The molecule has 2 atom stereocenters. The first-order chi connectivity index (χ1) is 23.1. The first-order valence-electron chi connectivity index (χ1n) is 16.7. The van der Waals surface area contributed by atoms with Gasteiger partial charge in [0.2, 0.25) is 0 Å². The highest BCUT2D eigenvalue weighted by molar-refractivity contribution is 5.97. The first kappa shape index (κ1) is 30.8. The Balaban J connectivity index is 1.15. The van der Waals surface area contributed by atoms with Gasteiger partial charge in [-0.15, -0.1) is 0 Å². The van der Waals surface area contributed by atoms with Crippen LogP contribution in [0, 0.1) is 18.3 Å². The number of nitriles is 1. The molecule has 3 aliphatic rings. The van der Waals surface area contributed by atoms with Crippen LogP contribution in [0.5, 0.6) is 6.01 Å². The molecule has 1 aromatic heterocycles. The zero-order valence-electron chi connectivity index (χ0n) is 26.9. The van der Waals surface area contributed by atoms with Crippen molar-refractivity contribution in [2.45, 2.75) is 57.8 Å². The number of nitrogens with zero attached hydrogens (tertiary/aromatic N) is 6. The van der Waals surface area contributed by atoms with Gasteiger partial charge in [0, 0.05) is 48.9 Å². The average molecular weight is 632 g/mol. The second-order valence-electron chi connectivity index (χ2n) is 12.7. The lowest BCUT2D eigenvalue weighted by Crippen LogP contribution is -2.55. The number of rotatable bonds is 8. The number of aryl methyl sites for hydroxylation is 1. The number of fused-ring (bicyclic) bond motifs is 2. The fourth-order valence-electron chi connectivity index (χ4n) is 7.13. The minimum Gasteiger partial charge on any atom is -0.462 e. The van der Waals surface area contributed by atoms with Crippen LogP contribution >= 0.6 is 0 Å². The fourth-order valence-corrected chi connectivity index (χ4v) is 7.13. The van der Waals surface area contributed by atoms with Crippen molar-refractivity contribution in [1.29, 1.82) is 5.26 Å². The molecule has 2 saturated heterocycles. The SMILES string of the molecule is Cc1cccc2cccc(N3CCc4c(nc(OCC5CCCN5)nc4N4CCN(C(=O)OCc5ccccc5)C(CC#N)C4)C3)c12. The van der Waals surface area contributed by atoms with Gasteiger partial charge in [0.15, 0.2) is 0 Å². The van der Waals surface area contributed by atoms with Crippen LogP contribution < -0.4 is 19.9 Å². The Morgan fingerprint density at radius 2 is 1.87 bits per heavy atom. The quantitative estimate of drug-likeness (QED) is 0.275. The Labute approximate surface area is 275 Å². The van der Waals surface area contributed by atoms with Gasteiger partial charge in [0.25, 0.3) is 0 Å². The second-order valence-corrected chi connectivity index (χ2v) is 12.7. The van der Waals surface area contributed by atoms with Gasteiger partial charge in [-0.3, -0.25) is 0 Å². The van der Waals surface area contributed by atoms with Gasteiger partial charge in [-0.05, 0) is 55.3 Å². The summed E-state index contributed by atoms with van der Waals surface area (Å²) < 4.78 is 11.9. The molecule has 0 saturated carbocycles. The van der Waals surface area contributed by atoms with Crippen molar-refractivity contribution in [3.05, 3.63) is 89.1 Å². The monoisotopic (exact) mass is 631 g/mol. The minimum absolute atomic E-state index is 0.196. The molecular formula is C37H41N7O3. The van der Waals surface area contributed by atoms with Crippen molar-refractivity contribution in [2.24, 2.45) is 0 Å². The van der Waals surface area contributed by atoms with E-state index in [-0.39, 0.29) is 19.1 Å². The predicted octanol–water partition coefficient (Wildman–Crippen LogP) is 5.37. The lowest BCUT2D eigenvalue weighted by atomic mass is 9.99. The molecule has 0 spiro atoms. The molecule has 2 fully saturated rings. The van der Waals surface area contributed by atoms with E-state index in [9.17, 15) is 10.1 Å². The van der Waals surface area contributed by atoms with Crippen LogP contribution in [-0.4, -0.2) is 72.4 Å². The molecule has 1 amide bonds. The second kappa shape index (κ2) is 13.9. The molecule has 4 aromatic rings. The summed E-state index contributed by atoms with van der Waals surface area (Å²) in [5.74, 6) is 0.846. The van der Waals surface area contributed by atoms with Crippen LogP contribution in [0.3, 0.4) is 0 Å². The van der Waals surface area contributed by atoms with E-state index >= 15 is 0 Å². The number of hydrogen-bond acceptors (Lipinski definition) is 9. The number of amides is 1. The maximum absolute atomic E-state index is 13.2. The molecular weight excluding hydrogens is 590 g/mol. The van der Waals surface area contributed by atoms with E-state index in [1.165, 1.54) is 22.0 Å². The van der Waals surface area contributed by atoms with Crippen LogP contribution in [-0.2, 0) is 24.3 Å². The number of ether oxygens (including phenoxy) is 2. The van der Waals surface area contributed by atoms with Crippen LogP contribution in [0.4, 0.5) is 16.3 Å². The highest BCUT2D eigenvalue weighted by Crippen LogP contribution is 2.36. The van der Waals surface area contributed by atoms with Gasteiger partial charge in [0.1, 0.15) is 19.0 Å². The van der Waals surface area contributed by atoms with Crippen molar-refractivity contribution in [2.75, 3.05) is 49.1 Å². The smallest absolute Gasteiger partial charge is 0.410 e. The third-order valence-corrected chi connectivity index (χ3v) is 9.58. The molecule has 47 heavy (non-hydrogen) atoms. The molecule has 242 valence electrons. The van der Waals surface area contributed by atoms with E-state index in [4.69, 9.17) is 19.4 Å². The Morgan fingerprint density at radius 1 is 1.02 bits per heavy atom. The number of anilines is 2. The van der Waals surface area contributed by atoms with Crippen LogP contribution in [0.2, 0.25) is 0 Å². The summed E-state index contributed by atoms with van der Waals surface area (Å²) in [6.07, 6.45) is 2.80. The Bertz CT molecular complexity index is 1760. The van der Waals surface area contributed by atoms with E-state index in [1.807, 2.05) is 30.3 Å². The number of hydrogen-bond donors (Lipinski definition) is 1. The number of carbonyl (C=O) groups is 1.